The van der Waals surface area contributed by atoms with Crippen molar-refractivity contribution in [2.24, 2.45) is 0 Å². The first-order valence-electron chi connectivity index (χ1n) is 7.55. The molecule has 1 nitrogen and oxygen atoms in total. The molecule has 2 aromatic carbocycles. The van der Waals surface area contributed by atoms with Crippen LogP contribution in [0.2, 0.25) is 0 Å². The first-order valence-corrected chi connectivity index (χ1v) is 7.55. The molecule has 0 aliphatic heterocycles. The third-order valence-electron chi connectivity index (χ3n) is 3.77. The molecule has 0 bridgehead atoms. The molecule has 0 radical (unpaired) electrons. The fourth-order valence-corrected chi connectivity index (χ4v) is 2.78. The SMILES string of the molecule is CC(C)c1c(C(=O)c2ccccc2)cccc1C(C)(C)C. The highest BCUT2D eigenvalue weighted by atomic mass is 16.1. The molecule has 0 aliphatic carbocycles. The summed E-state index contributed by atoms with van der Waals surface area (Å²) in [7, 11) is 0. The van der Waals surface area contributed by atoms with Crippen molar-refractivity contribution in [3.8, 4) is 0 Å². The fourth-order valence-electron chi connectivity index (χ4n) is 2.78. The molecule has 2 aromatic rings. The minimum atomic E-state index is 0.0343. The van der Waals surface area contributed by atoms with E-state index in [1.165, 1.54) is 11.1 Å². The fraction of sp³-hybridized carbons (Fsp3) is 0.350. The molecule has 2 rings (SSSR count). The maximum absolute atomic E-state index is 12.9. The second-order valence-corrected chi connectivity index (χ2v) is 6.87. The third-order valence-corrected chi connectivity index (χ3v) is 3.77. The van der Waals surface area contributed by atoms with Crippen molar-refractivity contribution in [3.05, 3.63) is 70.8 Å². The minimum absolute atomic E-state index is 0.0343. The molecule has 0 N–H and O–H groups in total. The highest BCUT2D eigenvalue weighted by molar-refractivity contribution is 6.10. The number of hydrogen-bond donors (Lipinski definition) is 0. The average molecular weight is 280 g/mol. The summed E-state index contributed by atoms with van der Waals surface area (Å²) in [5.74, 6) is 0.438. The first kappa shape index (κ1) is 15.5. The summed E-state index contributed by atoms with van der Waals surface area (Å²) in [4.78, 5) is 12.9. The molecule has 0 fully saturated rings. The molecular formula is C20H24O. The van der Waals surface area contributed by atoms with Gasteiger partial charge >= 0.3 is 0 Å². The van der Waals surface area contributed by atoms with E-state index < -0.39 is 0 Å². The normalized spacial score (nSPS) is 11.7. The smallest absolute Gasteiger partial charge is 0.193 e. The lowest BCUT2D eigenvalue weighted by Crippen LogP contribution is -2.18. The van der Waals surface area contributed by atoms with Crippen LogP contribution in [0.5, 0.6) is 0 Å². The molecule has 110 valence electrons. The van der Waals surface area contributed by atoms with Gasteiger partial charge in [0.05, 0.1) is 0 Å². The van der Waals surface area contributed by atoms with Crippen molar-refractivity contribution >= 4 is 5.78 Å². The molecule has 0 spiro atoms. The van der Waals surface area contributed by atoms with Crippen LogP contribution in [0.4, 0.5) is 0 Å². The van der Waals surface area contributed by atoms with E-state index in [1.807, 2.05) is 42.5 Å². The van der Waals surface area contributed by atoms with Gasteiger partial charge < -0.3 is 0 Å². The standard InChI is InChI=1S/C20H24O/c1-14(2)18-16(12-9-13-17(18)20(3,4)5)19(21)15-10-7-6-8-11-15/h6-14H,1-5H3. The van der Waals surface area contributed by atoms with Gasteiger partial charge in [0.2, 0.25) is 0 Å². The molecule has 0 amide bonds. The number of carbonyl (C=O) groups is 1. The largest absolute Gasteiger partial charge is 0.289 e. The van der Waals surface area contributed by atoms with Gasteiger partial charge in [0.15, 0.2) is 5.78 Å². The van der Waals surface area contributed by atoms with E-state index in [2.05, 4.69) is 40.7 Å². The molecule has 0 saturated carbocycles. The van der Waals surface area contributed by atoms with Gasteiger partial charge in [-0.2, -0.15) is 0 Å². The molecule has 0 aliphatic rings. The van der Waals surface area contributed by atoms with Gasteiger partial charge in [-0.25, -0.2) is 0 Å². The second-order valence-electron chi connectivity index (χ2n) is 6.87. The zero-order valence-corrected chi connectivity index (χ0v) is 13.6. The lowest BCUT2D eigenvalue weighted by atomic mass is 9.77. The van der Waals surface area contributed by atoms with Crippen LogP contribution in [0.15, 0.2) is 48.5 Å². The molecule has 21 heavy (non-hydrogen) atoms. The monoisotopic (exact) mass is 280 g/mol. The Balaban J connectivity index is 2.62. The van der Waals surface area contributed by atoms with E-state index in [-0.39, 0.29) is 11.2 Å². The van der Waals surface area contributed by atoms with E-state index in [4.69, 9.17) is 0 Å². The molecule has 0 atom stereocenters. The Morgan fingerprint density at radius 2 is 1.52 bits per heavy atom. The predicted molar refractivity (Wildman–Crippen MR) is 89.1 cm³/mol. The summed E-state index contributed by atoms with van der Waals surface area (Å²) in [6, 6.07) is 15.6. The summed E-state index contributed by atoms with van der Waals surface area (Å²) in [5.41, 5.74) is 4.07. The van der Waals surface area contributed by atoms with E-state index in [9.17, 15) is 4.79 Å². The number of benzene rings is 2. The van der Waals surface area contributed by atoms with Crippen LogP contribution in [0.25, 0.3) is 0 Å². The summed E-state index contributed by atoms with van der Waals surface area (Å²) >= 11 is 0. The van der Waals surface area contributed by atoms with Crippen LogP contribution in [0.3, 0.4) is 0 Å². The molecule has 0 unspecified atom stereocenters. The molecular weight excluding hydrogens is 256 g/mol. The van der Waals surface area contributed by atoms with Crippen molar-refractivity contribution in [1.29, 1.82) is 0 Å². The van der Waals surface area contributed by atoms with E-state index in [0.29, 0.717) is 5.92 Å². The lowest BCUT2D eigenvalue weighted by molar-refractivity contribution is 0.103. The maximum Gasteiger partial charge on any atom is 0.193 e. The van der Waals surface area contributed by atoms with Gasteiger partial charge in [-0.3, -0.25) is 4.79 Å². The Kier molecular flexibility index (Phi) is 4.32. The minimum Gasteiger partial charge on any atom is -0.289 e. The number of hydrogen-bond acceptors (Lipinski definition) is 1. The molecule has 0 saturated heterocycles. The molecule has 0 heterocycles. The zero-order chi connectivity index (χ0) is 15.6. The van der Waals surface area contributed by atoms with Crippen LogP contribution in [0, 0.1) is 0 Å². The summed E-state index contributed by atoms with van der Waals surface area (Å²) < 4.78 is 0. The second kappa shape index (κ2) is 5.85. The van der Waals surface area contributed by atoms with Crippen molar-refractivity contribution in [3.63, 3.8) is 0 Å². The van der Waals surface area contributed by atoms with Crippen molar-refractivity contribution in [2.45, 2.75) is 46.0 Å². The predicted octanol–water partition coefficient (Wildman–Crippen LogP) is 5.34. The van der Waals surface area contributed by atoms with Crippen LogP contribution in [-0.2, 0) is 5.41 Å². The molecule has 1 heteroatoms. The van der Waals surface area contributed by atoms with Gasteiger partial charge in [-0.05, 0) is 22.5 Å². The summed E-state index contributed by atoms with van der Waals surface area (Å²) in [6.07, 6.45) is 0. The van der Waals surface area contributed by atoms with Crippen molar-refractivity contribution in [1.82, 2.24) is 0 Å². The number of ketones is 1. The van der Waals surface area contributed by atoms with E-state index in [0.717, 1.165) is 11.1 Å². The first-order chi connectivity index (χ1) is 9.82. The summed E-state index contributed by atoms with van der Waals surface area (Å²) in [6.45, 7) is 10.9. The van der Waals surface area contributed by atoms with Crippen LogP contribution >= 0.6 is 0 Å². The highest BCUT2D eigenvalue weighted by Crippen LogP contribution is 2.33. The highest BCUT2D eigenvalue weighted by Gasteiger charge is 2.24. The quantitative estimate of drug-likeness (QED) is 0.694. The Morgan fingerprint density at radius 3 is 2.05 bits per heavy atom. The zero-order valence-electron chi connectivity index (χ0n) is 13.6. The van der Waals surface area contributed by atoms with Gasteiger partial charge in [-0.1, -0.05) is 83.1 Å². The topological polar surface area (TPSA) is 17.1 Å². The average Bonchev–Trinajstić information content (AvgIpc) is 2.45. The number of carbonyl (C=O) groups excluding carboxylic acids is 1. The lowest BCUT2D eigenvalue weighted by Gasteiger charge is -2.26. The Hall–Kier alpha value is -1.89. The van der Waals surface area contributed by atoms with E-state index in [1.54, 1.807) is 0 Å². The van der Waals surface area contributed by atoms with Crippen molar-refractivity contribution < 1.29 is 4.79 Å². The molecule has 0 aromatic heterocycles. The van der Waals surface area contributed by atoms with Gasteiger partial charge in [0, 0.05) is 11.1 Å². The van der Waals surface area contributed by atoms with E-state index >= 15 is 0 Å². The Bertz CT molecular complexity index is 631. The Morgan fingerprint density at radius 1 is 0.905 bits per heavy atom. The van der Waals surface area contributed by atoms with Gasteiger partial charge in [-0.15, -0.1) is 0 Å². The third kappa shape index (κ3) is 3.24. The van der Waals surface area contributed by atoms with Crippen LogP contribution in [0.1, 0.15) is 67.6 Å². The van der Waals surface area contributed by atoms with Crippen LogP contribution < -0.4 is 0 Å². The van der Waals surface area contributed by atoms with Gasteiger partial charge in [0.25, 0.3) is 0 Å². The Labute approximate surface area is 128 Å². The van der Waals surface area contributed by atoms with Gasteiger partial charge in [0.1, 0.15) is 0 Å². The van der Waals surface area contributed by atoms with Crippen molar-refractivity contribution in [2.75, 3.05) is 0 Å². The number of rotatable bonds is 3. The summed E-state index contributed by atoms with van der Waals surface area (Å²) in [5, 5.41) is 0. The van der Waals surface area contributed by atoms with Crippen LogP contribution in [-0.4, -0.2) is 5.78 Å². The maximum atomic E-state index is 12.9.